The van der Waals surface area contributed by atoms with Crippen molar-refractivity contribution in [3.05, 3.63) is 17.1 Å². The molecule has 150 valence electrons. The van der Waals surface area contributed by atoms with Crippen LogP contribution in [-0.4, -0.2) is 11.7 Å². The summed E-state index contributed by atoms with van der Waals surface area (Å²) in [6.45, 7) is 11.4. The number of hydrogen-bond donors (Lipinski definition) is 0. The van der Waals surface area contributed by atoms with Crippen LogP contribution < -0.4 is 0 Å². The van der Waals surface area contributed by atoms with Gasteiger partial charge in [-0.05, 0) is 51.4 Å². The number of nitroso groups, excluding NO2 is 1. The van der Waals surface area contributed by atoms with Crippen LogP contribution in [0.1, 0.15) is 99.3 Å². The molecule has 0 aromatic carbocycles. The van der Waals surface area contributed by atoms with Crippen LogP contribution in [0.4, 0.5) is 0 Å². The van der Waals surface area contributed by atoms with Crippen LogP contribution in [0.2, 0.25) is 0 Å². The van der Waals surface area contributed by atoms with Gasteiger partial charge in [-0.25, -0.2) is 0 Å². The SMILES string of the molecule is CC(=O)C(C)(C)CCCCC/C=C/CCCCC(C)C(C)(C)C(=O)N=O. The maximum Gasteiger partial charge on any atom is 0.292 e. The van der Waals surface area contributed by atoms with Gasteiger partial charge in [-0.1, -0.05) is 66.0 Å². The standard InChI is InChI=1S/C22H39NO3/c1-18(22(5,6)20(25)23-26)16-14-12-10-8-7-9-11-13-15-17-21(3,4)19(2)24/h7-8,18H,9-17H2,1-6H3/b8-7+. The van der Waals surface area contributed by atoms with Crippen LogP contribution in [0.5, 0.6) is 0 Å². The van der Waals surface area contributed by atoms with Crippen molar-refractivity contribution in [1.82, 2.24) is 0 Å². The summed E-state index contributed by atoms with van der Waals surface area (Å²) in [4.78, 5) is 33.4. The number of carbonyl (C=O) groups excluding carboxylic acids is 2. The third-order valence-electron chi connectivity index (χ3n) is 5.92. The van der Waals surface area contributed by atoms with E-state index in [1.54, 1.807) is 20.8 Å². The smallest absolute Gasteiger partial charge is 0.292 e. The summed E-state index contributed by atoms with van der Waals surface area (Å²) in [5.41, 5.74) is -0.831. The highest BCUT2D eigenvalue weighted by Crippen LogP contribution is 2.32. The van der Waals surface area contributed by atoms with E-state index in [0.29, 0.717) is 0 Å². The molecule has 0 heterocycles. The number of unbranched alkanes of at least 4 members (excludes halogenated alkanes) is 5. The zero-order valence-electron chi connectivity index (χ0n) is 17.8. The summed E-state index contributed by atoms with van der Waals surface area (Å²) in [6, 6.07) is 0. The van der Waals surface area contributed by atoms with E-state index in [4.69, 9.17) is 0 Å². The van der Waals surface area contributed by atoms with Crippen LogP contribution in [-0.2, 0) is 9.59 Å². The van der Waals surface area contributed by atoms with Gasteiger partial charge < -0.3 is 0 Å². The molecule has 26 heavy (non-hydrogen) atoms. The molecule has 0 saturated heterocycles. The van der Waals surface area contributed by atoms with Gasteiger partial charge in [0.25, 0.3) is 5.91 Å². The minimum atomic E-state index is -0.658. The lowest BCUT2D eigenvalue weighted by molar-refractivity contribution is -0.128. The molecule has 1 atom stereocenters. The average molecular weight is 366 g/mol. The first-order valence-electron chi connectivity index (χ1n) is 10.1. The van der Waals surface area contributed by atoms with Crippen LogP contribution in [0.15, 0.2) is 17.3 Å². The first-order chi connectivity index (χ1) is 12.1. The highest BCUT2D eigenvalue weighted by atomic mass is 16.3. The average Bonchev–Trinajstić information content (AvgIpc) is 2.58. The maximum absolute atomic E-state index is 11.5. The second-order valence-corrected chi connectivity index (χ2v) is 8.81. The van der Waals surface area contributed by atoms with Gasteiger partial charge in [-0.3, -0.25) is 9.59 Å². The fourth-order valence-corrected chi connectivity index (χ4v) is 2.82. The van der Waals surface area contributed by atoms with E-state index < -0.39 is 11.3 Å². The first kappa shape index (κ1) is 24.7. The van der Waals surface area contributed by atoms with Gasteiger partial charge >= 0.3 is 0 Å². The number of amides is 1. The highest BCUT2D eigenvalue weighted by Gasteiger charge is 2.34. The number of hydrogen-bond acceptors (Lipinski definition) is 3. The topological polar surface area (TPSA) is 63.6 Å². The van der Waals surface area contributed by atoms with Crippen molar-refractivity contribution in [3.8, 4) is 0 Å². The Bertz CT molecular complexity index is 478. The Morgan fingerprint density at radius 1 is 0.923 bits per heavy atom. The summed E-state index contributed by atoms with van der Waals surface area (Å²) >= 11 is 0. The molecule has 0 aliphatic rings. The number of Topliss-reactive ketones (excluding diaryl/α,β-unsaturated/α-hetero) is 1. The summed E-state index contributed by atoms with van der Waals surface area (Å²) in [6.07, 6.45) is 14.2. The molecule has 0 bridgehead atoms. The van der Waals surface area contributed by atoms with Crippen molar-refractivity contribution < 1.29 is 9.59 Å². The molecule has 0 N–H and O–H groups in total. The molecule has 4 nitrogen and oxygen atoms in total. The lowest BCUT2D eigenvalue weighted by Gasteiger charge is -2.27. The Hall–Kier alpha value is -1.32. The predicted octanol–water partition coefficient (Wildman–Crippen LogP) is 6.62. The van der Waals surface area contributed by atoms with E-state index in [1.807, 2.05) is 20.8 Å². The fraction of sp³-hybridized carbons (Fsp3) is 0.818. The third-order valence-corrected chi connectivity index (χ3v) is 5.92. The van der Waals surface area contributed by atoms with Crippen molar-refractivity contribution in [2.75, 3.05) is 0 Å². The Labute approximate surface area is 160 Å². The normalized spacial score (nSPS) is 13.8. The Morgan fingerprint density at radius 3 is 1.96 bits per heavy atom. The molecule has 0 aliphatic carbocycles. The number of ketones is 1. The summed E-state index contributed by atoms with van der Waals surface area (Å²) in [5.74, 6) is -0.102. The molecule has 0 fully saturated rings. The molecule has 1 unspecified atom stereocenters. The quantitative estimate of drug-likeness (QED) is 0.197. The Balaban J connectivity index is 3.73. The van der Waals surface area contributed by atoms with E-state index in [-0.39, 0.29) is 17.1 Å². The van der Waals surface area contributed by atoms with Gasteiger partial charge in [0.05, 0.1) is 5.41 Å². The first-order valence-corrected chi connectivity index (χ1v) is 10.1. The Kier molecular flexibility index (Phi) is 11.5. The lowest BCUT2D eigenvalue weighted by Crippen LogP contribution is -2.29. The predicted molar refractivity (Wildman–Crippen MR) is 109 cm³/mol. The van der Waals surface area contributed by atoms with Crippen LogP contribution >= 0.6 is 0 Å². The minimum absolute atomic E-state index is 0.163. The van der Waals surface area contributed by atoms with Crippen LogP contribution in [0.25, 0.3) is 0 Å². The number of rotatable bonds is 14. The molecule has 0 spiro atoms. The highest BCUT2D eigenvalue weighted by molar-refractivity contribution is 5.82. The molecule has 0 aromatic heterocycles. The van der Waals surface area contributed by atoms with Gasteiger partial charge in [0.15, 0.2) is 0 Å². The van der Waals surface area contributed by atoms with E-state index >= 15 is 0 Å². The largest absolute Gasteiger partial charge is 0.299 e. The Morgan fingerprint density at radius 2 is 1.46 bits per heavy atom. The minimum Gasteiger partial charge on any atom is -0.299 e. The van der Waals surface area contributed by atoms with Crippen molar-refractivity contribution in [3.63, 3.8) is 0 Å². The van der Waals surface area contributed by atoms with Gasteiger partial charge in [0.1, 0.15) is 5.78 Å². The van der Waals surface area contributed by atoms with Crippen molar-refractivity contribution in [1.29, 1.82) is 0 Å². The van der Waals surface area contributed by atoms with E-state index in [9.17, 15) is 14.5 Å². The van der Waals surface area contributed by atoms with Crippen molar-refractivity contribution >= 4 is 11.7 Å². The number of carbonyl (C=O) groups is 2. The summed E-state index contributed by atoms with van der Waals surface area (Å²) in [7, 11) is 0. The van der Waals surface area contributed by atoms with Crippen LogP contribution in [0.3, 0.4) is 0 Å². The van der Waals surface area contributed by atoms with E-state index in [2.05, 4.69) is 17.3 Å². The fourth-order valence-electron chi connectivity index (χ4n) is 2.82. The second-order valence-electron chi connectivity index (χ2n) is 8.81. The van der Waals surface area contributed by atoms with Crippen LogP contribution in [0, 0.1) is 21.7 Å². The second kappa shape index (κ2) is 12.1. The molecular weight excluding hydrogens is 326 g/mol. The van der Waals surface area contributed by atoms with Crippen molar-refractivity contribution in [2.24, 2.45) is 21.9 Å². The molecule has 0 aliphatic heterocycles. The molecule has 0 saturated carbocycles. The molecule has 0 aromatic rings. The molecule has 0 radical (unpaired) electrons. The van der Waals surface area contributed by atoms with E-state index in [1.165, 1.54) is 12.8 Å². The van der Waals surface area contributed by atoms with Gasteiger partial charge in [0, 0.05) is 10.6 Å². The van der Waals surface area contributed by atoms with Gasteiger partial charge in [0.2, 0.25) is 0 Å². The van der Waals surface area contributed by atoms with Crippen molar-refractivity contribution in [2.45, 2.75) is 99.3 Å². The third kappa shape index (κ3) is 9.40. The molecular formula is C22H39NO3. The maximum atomic E-state index is 11.5. The number of allylic oxidation sites excluding steroid dienone is 2. The molecule has 1 amide bonds. The van der Waals surface area contributed by atoms with Gasteiger partial charge in [-0.15, -0.1) is 4.91 Å². The molecule has 0 rings (SSSR count). The number of nitrogens with zero attached hydrogens (tertiary/aromatic N) is 1. The summed E-state index contributed by atoms with van der Waals surface area (Å²) < 4.78 is 0. The van der Waals surface area contributed by atoms with Gasteiger partial charge in [-0.2, -0.15) is 0 Å². The van der Waals surface area contributed by atoms with E-state index in [0.717, 1.165) is 44.9 Å². The zero-order chi connectivity index (χ0) is 20.2. The zero-order valence-corrected chi connectivity index (χ0v) is 17.8. The molecule has 4 heteroatoms. The lowest BCUT2D eigenvalue weighted by atomic mass is 9.77. The summed E-state index contributed by atoms with van der Waals surface area (Å²) in [5, 5.41) is 2.59. The monoisotopic (exact) mass is 365 g/mol.